The third-order valence-electron chi connectivity index (χ3n) is 8.64. The molecule has 45 heavy (non-hydrogen) atoms. The largest absolute Gasteiger partial charge is 0.462 e. The smallest absolute Gasteiger partial charge is 0.319 e. The quantitative estimate of drug-likeness (QED) is 0.176. The Kier molecular flexibility index (Phi) is 8.53. The van der Waals surface area contributed by atoms with Gasteiger partial charge in [0.2, 0.25) is 6.54 Å². The fourth-order valence-electron chi connectivity index (χ4n) is 6.27. The second kappa shape index (κ2) is 12.5. The van der Waals surface area contributed by atoms with E-state index in [4.69, 9.17) is 27.9 Å². The first kappa shape index (κ1) is 30.6. The zero-order valence-electron chi connectivity index (χ0n) is 24.6. The van der Waals surface area contributed by atoms with E-state index in [1.54, 1.807) is 36.4 Å². The lowest BCUT2D eigenvalue weighted by molar-refractivity contribution is -0.131. The number of nitrogens with zero attached hydrogens (tertiary/aromatic N) is 6. The van der Waals surface area contributed by atoms with Gasteiger partial charge < -0.3 is 24.3 Å². The highest BCUT2D eigenvalue weighted by atomic mass is 35.5. The van der Waals surface area contributed by atoms with Crippen LogP contribution in [0.4, 0.5) is 19.0 Å². The molecule has 0 N–H and O–H groups in total. The lowest BCUT2D eigenvalue weighted by atomic mass is 9.96. The van der Waals surface area contributed by atoms with Crippen molar-refractivity contribution in [3.05, 3.63) is 82.9 Å². The Labute approximate surface area is 263 Å². The summed E-state index contributed by atoms with van der Waals surface area (Å²) in [6, 6.07) is 10.8. The predicted molar refractivity (Wildman–Crippen MR) is 168 cm³/mol. The third-order valence-corrected chi connectivity index (χ3v) is 9.01. The Morgan fingerprint density at radius 1 is 1.11 bits per heavy atom. The van der Waals surface area contributed by atoms with Gasteiger partial charge in [-0.15, -0.1) is 0 Å². The highest BCUT2D eigenvalue weighted by Gasteiger charge is 2.35. The average Bonchev–Trinajstić information content (AvgIpc) is 3.45. The maximum atomic E-state index is 16.6. The minimum atomic E-state index is -1.10. The number of benzene rings is 3. The van der Waals surface area contributed by atoms with Crippen LogP contribution in [-0.4, -0.2) is 84.1 Å². The topological polar surface area (TPSA) is 66.2 Å². The summed E-state index contributed by atoms with van der Waals surface area (Å²) in [4.78, 5) is 30.5. The van der Waals surface area contributed by atoms with E-state index in [1.807, 2.05) is 11.9 Å². The molecule has 3 heterocycles. The van der Waals surface area contributed by atoms with E-state index in [9.17, 15) is 13.6 Å². The Balaban J connectivity index is 1.46. The first-order valence-corrected chi connectivity index (χ1v) is 15.0. The van der Waals surface area contributed by atoms with Crippen LogP contribution in [0.2, 0.25) is 5.02 Å². The average molecular weight is 635 g/mol. The molecule has 2 fully saturated rings. The number of carbonyl (C=O) groups excluding carboxylic acids is 1. The maximum Gasteiger partial charge on any atom is 0.319 e. The summed E-state index contributed by atoms with van der Waals surface area (Å²) >= 11 is 6.38. The van der Waals surface area contributed by atoms with Crippen molar-refractivity contribution in [3.8, 4) is 17.1 Å². The van der Waals surface area contributed by atoms with Gasteiger partial charge in [0.15, 0.2) is 11.6 Å². The molecule has 0 saturated carbocycles. The number of piperazine rings is 1. The number of hydrogen-bond acceptors (Lipinski definition) is 6. The van der Waals surface area contributed by atoms with Crippen LogP contribution in [0.25, 0.3) is 37.6 Å². The van der Waals surface area contributed by atoms with Crippen molar-refractivity contribution < 1.29 is 22.7 Å². The molecule has 1 amide bonds. The van der Waals surface area contributed by atoms with Crippen molar-refractivity contribution in [2.24, 2.45) is 0 Å². The first-order chi connectivity index (χ1) is 21.7. The van der Waals surface area contributed by atoms with Gasteiger partial charge in [0, 0.05) is 42.0 Å². The van der Waals surface area contributed by atoms with Crippen LogP contribution in [0.3, 0.4) is 0 Å². The Morgan fingerprint density at radius 2 is 1.93 bits per heavy atom. The second-order valence-corrected chi connectivity index (χ2v) is 11.7. The number of anilines is 1. The molecule has 6 rings (SSSR count). The number of likely N-dealkylation sites (tertiary alicyclic amines) is 1. The molecule has 232 valence electrons. The molecule has 2 atom stereocenters. The molecular formula is C33H30ClF3N6O2. The van der Waals surface area contributed by atoms with Crippen molar-refractivity contribution in [2.75, 3.05) is 51.3 Å². The van der Waals surface area contributed by atoms with Crippen LogP contribution in [-0.2, 0) is 4.79 Å². The molecule has 3 aromatic carbocycles. The number of hydrogen-bond donors (Lipinski definition) is 0. The summed E-state index contributed by atoms with van der Waals surface area (Å²) < 4.78 is 51.0. The standard InChI is InChI=1S/C33H30ClF3N6O2/c1-19(35)32(44)43-15-14-42(17-22(43)16-38-2)31-25-11-10-24(23-8-4-6-20-9-12-26(36)28(34)27(20)23)29(37)30(25)39-33(40-31)45-18-21-7-5-13-41(21)3/h4,6,8-12,21-22H,1,5,7,13-18H2,3H3/t21-,22-/m0/s1. The molecule has 0 aliphatic carbocycles. The molecule has 2 aliphatic rings. The van der Waals surface area contributed by atoms with Crippen molar-refractivity contribution in [2.45, 2.75) is 24.9 Å². The number of fused-ring (bicyclic) bond motifs is 2. The van der Waals surface area contributed by atoms with Gasteiger partial charge in [-0.05, 0) is 49.5 Å². The SMILES string of the molecule is [C-]#[N+]C[C@H]1CN(c2nc(OC[C@@H]3CCCN3C)nc3c(F)c(-c4cccc5ccc(F)c(Cl)c45)ccc23)CCN1C(=O)C(=C)F. The Morgan fingerprint density at radius 3 is 2.67 bits per heavy atom. The molecule has 0 bridgehead atoms. The number of ether oxygens (including phenoxy) is 1. The second-order valence-electron chi connectivity index (χ2n) is 11.3. The maximum absolute atomic E-state index is 16.6. The van der Waals surface area contributed by atoms with E-state index >= 15 is 4.39 Å². The molecule has 12 heteroatoms. The number of rotatable bonds is 7. The van der Waals surface area contributed by atoms with Gasteiger partial charge in [-0.3, -0.25) is 4.79 Å². The van der Waals surface area contributed by atoms with E-state index < -0.39 is 29.4 Å². The number of halogens is 4. The number of likely N-dealkylation sites (N-methyl/N-ethyl adjacent to an activating group) is 1. The molecule has 1 aromatic heterocycles. The molecule has 2 saturated heterocycles. The zero-order chi connectivity index (χ0) is 31.8. The van der Waals surface area contributed by atoms with Crippen LogP contribution < -0.4 is 9.64 Å². The van der Waals surface area contributed by atoms with Crippen LogP contribution in [0.1, 0.15) is 12.8 Å². The van der Waals surface area contributed by atoms with Gasteiger partial charge in [0.05, 0.1) is 5.02 Å². The minimum absolute atomic E-state index is 0.00539. The van der Waals surface area contributed by atoms with Gasteiger partial charge in [-0.2, -0.15) is 9.97 Å². The molecule has 0 spiro atoms. The summed E-state index contributed by atoms with van der Waals surface area (Å²) in [6.07, 6.45) is 1.99. The van der Waals surface area contributed by atoms with E-state index in [-0.39, 0.29) is 54.3 Å². The number of amides is 1. The molecule has 0 radical (unpaired) electrons. The van der Waals surface area contributed by atoms with Gasteiger partial charge in [-0.25, -0.2) is 19.7 Å². The zero-order valence-corrected chi connectivity index (χ0v) is 25.3. The molecule has 2 aliphatic heterocycles. The fraction of sp³-hybridized carbons (Fsp3) is 0.333. The predicted octanol–water partition coefficient (Wildman–Crippen LogP) is 6.27. The van der Waals surface area contributed by atoms with Crippen LogP contribution in [0.15, 0.2) is 54.9 Å². The summed E-state index contributed by atoms with van der Waals surface area (Å²) in [5, 5.41) is 1.31. The summed E-state index contributed by atoms with van der Waals surface area (Å²) in [5.41, 5.74) is 0.575. The minimum Gasteiger partial charge on any atom is -0.462 e. The summed E-state index contributed by atoms with van der Waals surface area (Å²) in [6.45, 7) is 12.2. The molecule has 0 unspecified atom stereocenters. The van der Waals surface area contributed by atoms with Gasteiger partial charge >= 0.3 is 6.01 Å². The van der Waals surface area contributed by atoms with Crippen LogP contribution in [0.5, 0.6) is 6.01 Å². The fourth-order valence-corrected chi connectivity index (χ4v) is 6.54. The van der Waals surface area contributed by atoms with E-state index in [0.29, 0.717) is 34.1 Å². The first-order valence-electron chi connectivity index (χ1n) is 14.6. The van der Waals surface area contributed by atoms with Gasteiger partial charge in [0.25, 0.3) is 5.91 Å². The van der Waals surface area contributed by atoms with Gasteiger partial charge in [-0.1, -0.05) is 48.5 Å². The van der Waals surface area contributed by atoms with Crippen LogP contribution in [0, 0.1) is 18.2 Å². The normalized spacial score (nSPS) is 18.8. The Hall–Kier alpha value is -4.40. The lowest BCUT2D eigenvalue weighted by Crippen LogP contribution is -2.56. The third kappa shape index (κ3) is 5.76. The van der Waals surface area contributed by atoms with E-state index in [0.717, 1.165) is 19.4 Å². The lowest BCUT2D eigenvalue weighted by Gasteiger charge is -2.39. The molecule has 4 aromatic rings. The van der Waals surface area contributed by atoms with E-state index in [2.05, 4.69) is 21.3 Å². The number of carbonyl (C=O) groups is 1. The highest BCUT2D eigenvalue weighted by molar-refractivity contribution is 6.37. The summed E-state index contributed by atoms with van der Waals surface area (Å²) in [5.74, 6) is -2.86. The van der Waals surface area contributed by atoms with Crippen molar-refractivity contribution in [1.82, 2.24) is 19.8 Å². The molecule has 8 nitrogen and oxygen atoms in total. The van der Waals surface area contributed by atoms with Crippen molar-refractivity contribution >= 4 is 45.0 Å². The van der Waals surface area contributed by atoms with Crippen molar-refractivity contribution in [3.63, 3.8) is 0 Å². The molecular weight excluding hydrogens is 605 g/mol. The van der Waals surface area contributed by atoms with Gasteiger partial charge in [0.1, 0.15) is 29.8 Å². The number of aromatic nitrogens is 2. The summed E-state index contributed by atoms with van der Waals surface area (Å²) in [7, 11) is 2.02. The van der Waals surface area contributed by atoms with Crippen LogP contribution >= 0.6 is 11.6 Å². The van der Waals surface area contributed by atoms with E-state index in [1.165, 1.54) is 11.0 Å². The van der Waals surface area contributed by atoms with Crippen molar-refractivity contribution in [1.29, 1.82) is 0 Å². The highest BCUT2D eigenvalue weighted by Crippen LogP contribution is 2.39. The Bertz CT molecular complexity index is 1860. The monoisotopic (exact) mass is 634 g/mol.